The maximum absolute atomic E-state index is 12.7. The van der Waals surface area contributed by atoms with Crippen molar-refractivity contribution in [1.29, 1.82) is 0 Å². The standard InChI is InChI=1S/C22H20F2N2O5S/c1-30-21(29)16-9-13(31-22(23)24)11-26(16)19(27)10-25-20(28)12-6-7-18-15(8-12)14-4-2-3-5-17(14)32-18/h2-8,13,16,22H,9-11H2,1H3,(H,25,28)/t13-,16+/m1/s1. The third kappa shape index (κ3) is 4.42. The second-order valence-corrected chi connectivity index (χ2v) is 8.42. The fourth-order valence-corrected chi connectivity index (χ4v) is 4.99. The van der Waals surface area contributed by atoms with Gasteiger partial charge in [-0.25, -0.2) is 4.79 Å². The number of carbonyl (C=O) groups excluding carboxylic acids is 3. The maximum Gasteiger partial charge on any atom is 0.345 e. The number of hydrogen-bond acceptors (Lipinski definition) is 6. The van der Waals surface area contributed by atoms with Crippen molar-refractivity contribution in [2.24, 2.45) is 0 Å². The van der Waals surface area contributed by atoms with Crippen LogP contribution in [0.5, 0.6) is 0 Å². The molecule has 2 atom stereocenters. The summed E-state index contributed by atoms with van der Waals surface area (Å²) < 4.78 is 36.4. The molecule has 1 saturated heterocycles. The highest BCUT2D eigenvalue weighted by atomic mass is 32.1. The number of carbonyl (C=O) groups is 3. The van der Waals surface area contributed by atoms with Crippen LogP contribution in [-0.2, 0) is 19.1 Å². The van der Waals surface area contributed by atoms with Crippen molar-refractivity contribution >= 4 is 49.3 Å². The average molecular weight is 462 g/mol. The Morgan fingerprint density at radius 1 is 1.16 bits per heavy atom. The number of halogens is 2. The van der Waals surface area contributed by atoms with Crippen LogP contribution >= 0.6 is 11.3 Å². The Kier molecular flexibility index (Phi) is 6.33. The fourth-order valence-electron chi connectivity index (χ4n) is 3.90. The van der Waals surface area contributed by atoms with E-state index in [1.165, 1.54) is 0 Å². The Morgan fingerprint density at radius 2 is 1.91 bits per heavy atom. The van der Waals surface area contributed by atoms with Crippen molar-refractivity contribution in [2.45, 2.75) is 25.2 Å². The number of hydrogen-bond donors (Lipinski definition) is 1. The highest BCUT2D eigenvalue weighted by Crippen LogP contribution is 2.34. The molecule has 1 aromatic heterocycles. The van der Waals surface area contributed by atoms with Gasteiger partial charge >= 0.3 is 12.6 Å². The third-order valence-corrected chi connectivity index (χ3v) is 6.54. The number of rotatable bonds is 6. The molecule has 1 N–H and O–H groups in total. The quantitative estimate of drug-likeness (QED) is 0.569. The number of alkyl halides is 2. The van der Waals surface area contributed by atoms with Crippen LogP contribution in [0.1, 0.15) is 16.8 Å². The van der Waals surface area contributed by atoms with Crippen LogP contribution in [0.25, 0.3) is 20.2 Å². The molecule has 0 bridgehead atoms. The molecule has 3 aromatic rings. The van der Waals surface area contributed by atoms with Crippen molar-refractivity contribution in [3.05, 3.63) is 48.0 Å². The number of nitrogens with one attached hydrogen (secondary N) is 1. The van der Waals surface area contributed by atoms with Gasteiger partial charge in [0.25, 0.3) is 5.91 Å². The average Bonchev–Trinajstić information content (AvgIpc) is 3.37. The summed E-state index contributed by atoms with van der Waals surface area (Å²) in [5.74, 6) is -1.76. The molecule has 2 amide bonds. The summed E-state index contributed by atoms with van der Waals surface area (Å²) in [6.07, 6.45) is -1.09. The molecule has 2 heterocycles. The second kappa shape index (κ2) is 9.17. The van der Waals surface area contributed by atoms with Gasteiger partial charge in [0.2, 0.25) is 5.91 Å². The molecule has 1 aliphatic rings. The minimum absolute atomic E-state index is 0.0986. The van der Waals surface area contributed by atoms with E-state index in [0.29, 0.717) is 5.56 Å². The Hall–Kier alpha value is -3.11. The molecule has 32 heavy (non-hydrogen) atoms. The van der Waals surface area contributed by atoms with Crippen molar-refractivity contribution in [3.63, 3.8) is 0 Å². The van der Waals surface area contributed by atoms with E-state index in [1.807, 2.05) is 30.3 Å². The smallest absolute Gasteiger partial charge is 0.345 e. The van der Waals surface area contributed by atoms with Crippen LogP contribution in [-0.4, -0.2) is 61.6 Å². The number of thiophene rings is 1. The first-order valence-electron chi connectivity index (χ1n) is 9.87. The van der Waals surface area contributed by atoms with Gasteiger partial charge in [-0.05, 0) is 24.3 Å². The maximum atomic E-state index is 12.7. The van der Waals surface area contributed by atoms with Gasteiger partial charge in [0.15, 0.2) is 0 Å². The van der Waals surface area contributed by atoms with Crippen molar-refractivity contribution in [1.82, 2.24) is 10.2 Å². The van der Waals surface area contributed by atoms with E-state index in [0.717, 1.165) is 32.2 Å². The lowest BCUT2D eigenvalue weighted by Gasteiger charge is -2.22. The molecule has 0 aliphatic carbocycles. The van der Waals surface area contributed by atoms with E-state index in [1.54, 1.807) is 23.5 Å². The van der Waals surface area contributed by atoms with Crippen LogP contribution in [0.2, 0.25) is 0 Å². The Bertz CT molecular complexity index is 1180. The predicted molar refractivity (Wildman–Crippen MR) is 115 cm³/mol. The first-order chi connectivity index (χ1) is 15.4. The van der Waals surface area contributed by atoms with Gasteiger partial charge in [-0.3, -0.25) is 9.59 Å². The molecule has 10 heteroatoms. The van der Waals surface area contributed by atoms with Gasteiger partial charge in [-0.2, -0.15) is 8.78 Å². The molecule has 0 saturated carbocycles. The number of esters is 1. The summed E-state index contributed by atoms with van der Waals surface area (Å²) in [5.41, 5.74) is 0.388. The van der Waals surface area contributed by atoms with Gasteiger partial charge in [-0.1, -0.05) is 18.2 Å². The zero-order valence-electron chi connectivity index (χ0n) is 17.0. The first-order valence-corrected chi connectivity index (χ1v) is 10.7. The third-order valence-electron chi connectivity index (χ3n) is 5.39. The summed E-state index contributed by atoms with van der Waals surface area (Å²) in [6, 6.07) is 12.1. The van der Waals surface area contributed by atoms with Gasteiger partial charge in [0.05, 0.1) is 19.8 Å². The van der Waals surface area contributed by atoms with E-state index >= 15 is 0 Å². The van der Waals surface area contributed by atoms with Crippen molar-refractivity contribution < 1.29 is 32.6 Å². The van der Waals surface area contributed by atoms with E-state index in [-0.39, 0.29) is 13.0 Å². The minimum atomic E-state index is -3.02. The molecular weight excluding hydrogens is 442 g/mol. The Balaban J connectivity index is 1.45. The minimum Gasteiger partial charge on any atom is -0.467 e. The molecule has 168 valence electrons. The summed E-state index contributed by atoms with van der Waals surface area (Å²) in [7, 11) is 1.15. The molecule has 4 rings (SSSR count). The molecule has 7 nitrogen and oxygen atoms in total. The lowest BCUT2D eigenvalue weighted by Crippen LogP contribution is -2.46. The zero-order chi connectivity index (χ0) is 22.8. The van der Waals surface area contributed by atoms with Crippen LogP contribution in [0, 0.1) is 0 Å². The summed E-state index contributed by atoms with van der Waals surface area (Å²) >= 11 is 1.62. The largest absolute Gasteiger partial charge is 0.467 e. The molecule has 0 unspecified atom stereocenters. The first kappa shape index (κ1) is 22.1. The van der Waals surface area contributed by atoms with Crippen molar-refractivity contribution in [2.75, 3.05) is 20.2 Å². The molecule has 1 fully saturated rings. The van der Waals surface area contributed by atoms with E-state index in [4.69, 9.17) is 0 Å². The highest BCUT2D eigenvalue weighted by Gasteiger charge is 2.41. The summed E-state index contributed by atoms with van der Waals surface area (Å²) in [6.45, 7) is -3.60. The van der Waals surface area contributed by atoms with E-state index < -0.39 is 43.1 Å². The zero-order valence-corrected chi connectivity index (χ0v) is 17.9. The number of methoxy groups -OCH3 is 1. The number of benzene rings is 2. The van der Waals surface area contributed by atoms with Crippen molar-refractivity contribution in [3.8, 4) is 0 Å². The van der Waals surface area contributed by atoms with Gasteiger partial charge < -0.3 is 19.7 Å². The molecule has 0 spiro atoms. The van der Waals surface area contributed by atoms with Crippen LogP contribution in [0.15, 0.2) is 42.5 Å². The molecule has 0 radical (unpaired) electrons. The Labute approximate surface area is 185 Å². The number of ether oxygens (including phenoxy) is 2. The molecule has 2 aromatic carbocycles. The number of nitrogens with zero attached hydrogens (tertiary/aromatic N) is 1. The van der Waals surface area contributed by atoms with E-state index in [2.05, 4.69) is 14.8 Å². The molecule has 1 aliphatic heterocycles. The predicted octanol–water partition coefficient (Wildman–Crippen LogP) is 3.17. The summed E-state index contributed by atoms with van der Waals surface area (Å²) in [4.78, 5) is 38.4. The fraction of sp³-hybridized carbons (Fsp3) is 0.318. The molecular formula is C22H20F2N2O5S. The number of likely N-dealkylation sites (tertiary alicyclic amines) is 1. The van der Waals surface area contributed by atoms with Crippen LogP contribution < -0.4 is 5.32 Å². The lowest BCUT2D eigenvalue weighted by atomic mass is 10.1. The highest BCUT2D eigenvalue weighted by molar-refractivity contribution is 7.25. The second-order valence-electron chi connectivity index (χ2n) is 7.33. The monoisotopic (exact) mass is 462 g/mol. The number of amides is 2. The van der Waals surface area contributed by atoms with Gasteiger partial charge in [0, 0.05) is 38.7 Å². The summed E-state index contributed by atoms with van der Waals surface area (Å²) in [5, 5.41) is 4.53. The number of fused-ring (bicyclic) bond motifs is 3. The van der Waals surface area contributed by atoms with Crippen LogP contribution in [0.4, 0.5) is 8.78 Å². The SMILES string of the molecule is COC(=O)[C@@H]1C[C@@H](OC(F)F)CN1C(=O)CNC(=O)c1ccc2sc3ccccc3c2c1. The topological polar surface area (TPSA) is 84.9 Å². The normalized spacial score (nSPS) is 18.4. The van der Waals surface area contributed by atoms with Crippen LogP contribution in [0.3, 0.4) is 0 Å². The van der Waals surface area contributed by atoms with E-state index in [9.17, 15) is 23.2 Å². The van der Waals surface area contributed by atoms with Gasteiger partial charge in [-0.15, -0.1) is 11.3 Å². The lowest BCUT2D eigenvalue weighted by molar-refractivity contribution is -0.160. The Morgan fingerprint density at radius 3 is 2.66 bits per heavy atom. The van der Waals surface area contributed by atoms with Gasteiger partial charge in [0.1, 0.15) is 6.04 Å².